The first-order valence-corrected chi connectivity index (χ1v) is 13.9. The summed E-state index contributed by atoms with van der Waals surface area (Å²) >= 11 is 0. The molecule has 2 rings (SSSR count). The number of hydrogen-bond acceptors (Lipinski definition) is 3. The monoisotopic (exact) mass is 473 g/mol. The first-order chi connectivity index (χ1) is 16.0. The molecule has 196 valence electrons. The van der Waals surface area contributed by atoms with Crippen molar-refractivity contribution in [1.82, 2.24) is 0 Å². The van der Waals surface area contributed by atoms with Gasteiger partial charge in [0.1, 0.15) is 5.60 Å². The lowest BCUT2D eigenvalue weighted by Crippen LogP contribution is -2.51. The molecule has 1 saturated heterocycles. The Balaban J connectivity index is 1.94. The molecule has 34 heavy (non-hydrogen) atoms. The van der Waals surface area contributed by atoms with Crippen molar-refractivity contribution in [2.75, 3.05) is 0 Å². The van der Waals surface area contributed by atoms with Crippen molar-refractivity contribution in [3.05, 3.63) is 40.9 Å². The molecule has 1 aliphatic carbocycles. The molecule has 0 aromatic rings. The van der Waals surface area contributed by atoms with Gasteiger partial charge < -0.3 is 21.4 Å². The lowest BCUT2D eigenvalue weighted by molar-refractivity contribution is -0.147. The van der Waals surface area contributed by atoms with Gasteiger partial charge in [0.05, 0.1) is 17.3 Å². The number of unbranched alkanes of at least 4 members (excludes halogenated alkanes) is 3. The molecule has 0 aromatic carbocycles. The van der Waals surface area contributed by atoms with Gasteiger partial charge in [0.25, 0.3) is 0 Å². The fourth-order valence-corrected chi connectivity index (χ4v) is 5.84. The molecule has 1 aliphatic heterocycles. The summed E-state index contributed by atoms with van der Waals surface area (Å²) in [5, 5.41) is 21.5. The number of allylic oxidation sites excluding steroid dienone is 2. The standard InChI is InChI=1S/C31H53O3/c1-8-10-12-15-24(3)16-13-18-29(6,33)19-14-20-30(7)22-17-27-23-28(32)25(4)26(5)31(27,34-30)21-11-9-2/h8,15,23,28,32-33H,9-14,16-22H2,1-7H3/q-1/b24-15+. The fraction of sp³-hybridized carbons (Fsp3) is 0.774. The highest BCUT2D eigenvalue weighted by atomic mass is 16.5. The van der Waals surface area contributed by atoms with Crippen LogP contribution in [0.3, 0.4) is 0 Å². The quantitative estimate of drug-likeness (QED) is 0.152. The van der Waals surface area contributed by atoms with Crippen LogP contribution in [0.15, 0.2) is 34.4 Å². The molecule has 1 heterocycles. The van der Waals surface area contributed by atoms with Crippen LogP contribution in [0.1, 0.15) is 132 Å². The normalized spacial score (nSPS) is 29.6. The van der Waals surface area contributed by atoms with Crippen molar-refractivity contribution in [2.45, 2.75) is 155 Å². The van der Waals surface area contributed by atoms with E-state index in [1.54, 1.807) is 0 Å². The van der Waals surface area contributed by atoms with Gasteiger partial charge in [-0.15, -0.1) is 0 Å². The summed E-state index contributed by atoms with van der Waals surface area (Å²) in [6.07, 6.45) is 19.3. The predicted octanol–water partition coefficient (Wildman–Crippen LogP) is 8.16. The van der Waals surface area contributed by atoms with E-state index in [-0.39, 0.29) is 11.2 Å². The zero-order valence-corrected chi connectivity index (χ0v) is 23.3. The Bertz CT molecular complexity index is 744. The predicted molar refractivity (Wildman–Crippen MR) is 145 cm³/mol. The smallest absolute Gasteiger partial charge is 0.111 e. The summed E-state index contributed by atoms with van der Waals surface area (Å²) in [5.74, 6) is 0. The van der Waals surface area contributed by atoms with E-state index in [9.17, 15) is 10.2 Å². The Labute approximate surface area is 210 Å². The molecule has 0 amide bonds. The molecule has 3 nitrogen and oxygen atoms in total. The third kappa shape index (κ3) is 7.80. The van der Waals surface area contributed by atoms with Crippen LogP contribution in [-0.4, -0.2) is 33.1 Å². The van der Waals surface area contributed by atoms with Crippen molar-refractivity contribution < 1.29 is 14.9 Å². The molecule has 4 atom stereocenters. The highest BCUT2D eigenvalue weighted by molar-refractivity contribution is 5.44. The summed E-state index contributed by atoms with van der Waals surface area (Å²) in [4.78, 5) is 0. The summed E-state index contributed by atoms with van der Waals surface area (Å²) in [6.45, 7) is 15.0. The number of aliphatic hydroxyl groups is 2. The third-order valence-electron chi connectivity index (χ3n) is 8.40. The van der Waals surface area contributed by atoms with Crippen molar-refractivity contribution in [1.29, 1.82) is 0 Å². The molecule has 0 aromatic heterocycles. The van der Waals surface area contributed by atoms with Crippen molar-refractivity contribution >= 4 is 0 Å². The van der Waals surface area contributed by atoms with Crippen LogP contribution in [0, 0.1) is 6.42 Å². The van der Waals surface area contributed by atoms with Gasteiger partial charge >= 0.3 is 0 Å². The van der Waals surface area contributed by atoms with Gasteiger partial charge in [-0.05, 0) is 115 Å². The minimum atomic E-state index is -0.616. The maximum Gasteiger partial charge on any atom is 0.111 e. The van der Waals surface area contributed by atoms with E-state index in [0.29, 0.717) is 0 Å². The van der Waals surface area contributed by atoms with Crippen LogP contribution in [0.25, 0.3) is 0 Å². The zero-order chi connectivity index (χ0) is 25.4. The van der Waals surface area contributed by atoms with E-state index in [1.165, 1.54) is 16.7 Å². The minimum Gasteiger partial charge on any atom is -0.390 e. The van der Waals surface area contributed by atoms with Crippen LogP contribution in [-0.2, 0) is 4.74 Å². The Morgan fingerprint density at radius 2 is 1.94 bits per heavy atom. The lowest BCUT2D eigenvalue weighted by atomic mass is 9.69. The van der Waals surface area contributed by atoms with Crippen molar-refractivity contribution in [3.8, 4) is 0 Å². The Morgan fingerprint density at radius 3 is 2.62 bits per heavy atom. The van der Waals surface area contributed by atoms with Crippen molar-refractivity contribution in [3.63, 3.8) is 0 Å². The molecule has 3 heteroatoms. The van der Waals surface area contributed by atoms with Crippen LogP contribution < -0.4 is 0 Å². The topological polar surface area (TPSA) is 49.7 Å². The number of hydrogen-bond donors (Lipinski definition) is 2. The third-order valence-corrected chi connectivity index (χ3v) is 8.40. The minimum absolute atomic E-state index is 0.194. The number of fused-ring (bicyclic) bond motifs is 1. The van der Waals surface area contributed by atoms with Gasteiger partial charge in [0, 0.05) is 0 Å². The van der Waals surface area contributed by atoms with Gasteiger partial charge in [-0.1, -0.05) is 37.8 Å². The summed E-state index contributed by atoms with van der Waals surface area (Å²) in [6, 6.07) is 0. The highest BCUT2D eigenvalue weighted by Gasteiger charge is 2.49. The second-order valence-electron chi connectivity index (χ2n) is 11.7. The highest BCUT2D eigenvalue weighted by Crippen LogP contribution is 2.51. The molecular formula is C31H53O3-. The molecule has 0 radical (unpaired) electrons. The Hall–Kier alpha value is -0.900. The maximum absolute atomic E-state index is 11.0. The van der Waals surface area contributed by atoms with Gasteiger partial charge in [-0.3, -0.25) is 0 Å². The first-order valence-electron chi connectivity index (χ1n) is 13.9. The second-order valence-corrected chi connectivity index (χ2v) is 11.7. The van der Waals surface area contributed by atoms with Crippen LogP contribution in [0.2, 0.25) is 0 Å². The molecule has 2 aliphatic rings. The van der Waals surface area contributed by atoms with E-state index >= 15 is 0 Å². The average molecular weight is 474 g/mol. The number of aliphatic hydroxyl groups excluding tert-OH is 1. The molecule has 1 fully saturated rings. The van der Waals surface area contributed by atoms with Crippen LogP contribution in [0.5, 0.6) is 0 Å². The molecule has 2 N–H and O–H groups in total. The fourth-order valence-electron chi connectivity index (χ4n) is 5.84. The Kier molecular flexibility index (Phi) is 11.1. The van der Waals surface area contributed by atoms with Crippen LogP contribution in [0.4, 0.5) is 0 Å². The van der Waals surface area contributed by atoms with E-state index in [1.807, 2.05) is 13.8 Å². The van der Waals surface area contributed by atoms with Gasteiger partial charge in [0.2, 0.25) is 0 Å². The van der Waals surface area contributed by atoms with Gasteiger partial charge in [-0.25, -0.2) is 0 Å². The maximum atomic E-state index is 11.0. The zero-order valence-electron chi connectivity index (χ0n) is 23.3. The summed E-state index contributed by atoms with van der Waals surface area (Å²) in [7, 11) is 0. The van der Waals surface area contributed by atoms with E-state index < -0.39 is 11.7 Å². The molecule has 0 bridgehead atoms. The summed E-state index contributed by atoms with van der Waals surface area (Å²) < 4.78 is 7.04. The molecule has 0 saturated carbocycles. The lowest BCUT2D eigenvalue weighted by Gasteiger charge is -2.52. The number of rotatable bonds is 14. The van der Waals surface area contributed by atoms with E-state index in [2.05, 4.69) is 53.2 Å². The largest absolute Gasteiger partial charge is 0.390 e. The Morgan fingerprint density at radius 1 is 1.24 bits per heavy atom. The van der Waals surface area contributed by atoms with E-state index in [4.69, 9.17) is 4.74 Å². The SMILES string of the molecule is C[CH-]CC/C=C(\C)CCCC(C)(O)CCCC1(C)CCC2=CC(O)C(C)=C(C)C2(CCCC)O1. The van der Waals surface area contributed by atoms with Gasteiger partial charge in [0.15, 0.2) is 0 Å². The van der Waals surface area contributed by atoms with Gasteiger partial charge in [-0.2, -0.15) is 13.3 Å². The number of ether oxygens (including phenoxy) is 1. The van der Waals surface area contributed by atoms with E-state index in [0.717, 1.165) is 89.0 Å². The van der Waals surface area contributed by atoms with Crippen molar-refractivity contribution in [2.24, 2.45) is 0 Å². The molecule has 0 spiro atoms. The van der Waals surface area contributed by atoms with Crippen LogP contribution >= 0.6 is 0 Å². The molecular weight excluding hydrogens is 420 g/mol. The first kappa shape index (κ1) is 29.3. The average Bonchev–Trinajstić information content (AvgIpc) is 2.77. The molecule has 4 unspecified atom stereocenters. The summed E-state index contributed by atoms with van der Waals surface area (Å²) in [5.41, 5.74) is 3.82. The second kappa shape index (κ2) is 12.9.